The Morgan fingerprint density at radius 2 is 0.837 bits per heavy atom. The monoisotopic (exact) mass is 627 g/mol. The van der Waals surface area contributed by atoms with Gasteiger partial charge in [0.15, 0.2) is 0 Å². The highest BCUT2D eigenvalue weighted by Crippen LogP contribution is 2.44. The number of nitrogens with zero attached hydrogens (tertiary/aromatic N) is 5. The quantitative estimate of drug-likeness (QED) is 0.176. The first-order valence-electron chi connectivity index (χ1n) is 16.1. The van der Waals surface area contributed by atoms with Crippen molar-refractivity contribution in [2.24, 2.45) is 0 Å². The van der Waals surface area contributed by atoms with Gasteiger partial charge in [0.2, 0.25) is 0 Å². The molecular formula is C44H29N5. The molecule has 8 aromatic rings. The lowest BCUT2D eigenvalue weighted by Gasteiger charge is -2.26. The number of aromatic nitrogens is 1. The molecule has 0 bridgehead atoms. The van der Waals surface area contributed by atoms with Gasteiger partial charge in [-0.2, -0.15) is 10.5 Å². The Labute approximate surface area is 285 Å². The summed E-state index contributed by atoms with van der Waals surface area (Å²) in [5.74, 6) is 0. The smallest absolute Gasteiger partial charge is 0.0991 e. The zero-order chi connectivity index (χ0) is 33.2. The van der Waals surface area contributed by atoms with Crippen molar-refractivity contribution >= 4 is 55.9 Å². The molecule has 8 rings (SSSR count). The highest BCUT2D eigenvalue weighted by Gasteiger charge is 2.21. The number of nitriles is 2. The lowest BCUT2D eigenvalue weighted by Crippen LogP contribution is -2.10. The van der Waals surface area contributed by atoms with Crippen LogP contribution in [-0.2, 0) is 0 Å². The molecule has 0 atom stereocenters. The maximum Gasteiger partial charge on any atom is 0.0991 e. The van der Waals surface area contributed by atoms with E-state index in [0.29, 0.717) is 11.1 Å². The van der Waals surface area contributed by atoms with Crippen LogP contribution in [0.3, 0.4) is 0 Å². The number of para-hydroxylation sites is 3. The first kappa shape index (κ1) is 29.3. The topological polar surface area (TPSA) is 59.0 Å². The van der Waals surface area contributed by atoms with Crippen LogP contribution >= 0.6 is 0 Å². The normalized spacial score (nSPS) is 10.8. The van der Waals surface area contributed by atoms with Crippen LogP contribution in [0.5, 0.6) is 0 Å². The van der Waals surface area contributed by atoms with E-state index in [2.05, 4.69) is 118 Å². The molecule has 0 amide bonds. The average molecular weight is 628 g/mol. The maximum absolute atomic E-state index is 9.48. The van der Waals surface area contributed by atoms with Gasteiger partial charge in [0.1, 0.15) is 0 Å². The van der Waals surface area contributed by atoms with Gasteiger partial charge >= 0.3 is 0 Å². The van der Waals surface area contributed by atoms with Crippen molar-refractivity contribution in [1.29, 1.82) is 10.5 Å². The molecule has 0 aliphatic carbocycles. The molecule has 0 spiro atoms. The SMILES string of the molecule is N#Cc1ccc(N(c2ccccc2)c2ccc(-n3c4ccccc4c4c(N(c5ccccc5)c5ccc(C#N)cc5)cccc43)cc2)cc1. The van der Waals surface area contributed by atoms with Crippen LogP contribution in [0.1, 0.15) is 11.1 Å². The van der Waals surface area contributed by atoms with Gasteiger partial charge in [0.25, 0.3) is 0 Å². The first-order valence-corrected chi connectivity index (χ1v) is 16.1. The van der Waals surface area contributed by atoms with E-state index >= 15 is 0 Å². The lowest BCUT2D eigenvalue weighted by atomic mass is 10.1. The lowest BCUT2D eigenvalue weighted by molar-refractivity contribution is 1.17. The van der Waals surface area contributed by atoms with Crippen LogP contribution in [0.25, 0.3) is 27.5 Å². The summed E-state index contributed by atoms with van der Waals surface area (Å²) in [7, 11) is 0. The predicted octanol–water partition coefficient (Wildman–Crippen LogP) is 11.5. The predicted molar refractivity (Wildman–Crippen MR) is 200 cm³/mol. The number of hydrogen-bond donors (Lipinski definition) is 0. The van der Waals surface area contributed by atoms with Crippen molar-refractivity contribution in [3.63, 3.8) is 0 Å². The second-order valence-corrected chi connectivity index (χ2v) is 11.7. The van der Waals surface area contributed by atoms with Gasteiger partial charge in [0.05, 0.1) is 40.0 Å². The third kappa shape index (κ3) is 5.32. The molecule has 1 aromatic heterocycles. The fraction of sp³-hybridized carbons (Fsp3) is 0. The van der Waals surface area contributed by atoms with E-state index in [4.69, 9.17) is 0 Å². The standard InChI is InChI=1S/C44H29N5/c45-30-32-18-22-36(23-19-32)47(34-10-3-1-4-11-34)37-26-28-39(29-27-37)49-41-15-8-7-14-40(41)44-42(16-9-17-43(44)49)48(35-12-5-2-6-13-35)38-24-20-33(31-46)21-25-38/h1-29H. The molecule has 5 heteroatoms. The Kier molecular flexibility index (Phi) is 7.55. The summed E-state index contributed by atoms with van der Waals surface area (Å²) in [6.07, 6.45) is 0. The minimum absolute atomic E-state index is 0.625. The summed E-state index contributed by atoms with van der Waals surface area (Å²) in [5.41, 5.74) is 10.6. The Balaban J connectivity index is 1.29. The summed E-state index contributed by atoms with van der Waals surface area (Å²) >= 11 is 0. The van der Waals surface area contributed by atoms with Crippen molar-refractivity contribution in [1.82, 2.24) is 4.57 Å². The second-order valence-electron chi connectivity index (χ2n) is 11.7. The zero-order valence-corrected chi connectivity index (χ0v) is 26.5. The maximum atomic E-state index is 9.48. The largest absolute Gasteiger partial charge is 0.311 e. The Morgan fingerprint density at radius 3 is 1.41 bits per heavy atom. The van der Waals surface area contributed by atoms with Gasteiger partial charge in [-0.25, -0.2) is 0 Å². The van der Waals surface area contributed by atoms with Gasteiger partial charge < -0.3 is 14.4 Å². The van der Waals surface area contributed by atoms with Crippen molar-refractivity contribution in [3.8, 4) is 17.8 Å². The van der Waals surface area contributed by atoms with Gasteiger partial charge in [-0.15, -0.1) is 0 Å². The van der Waals surface area contributed by atoms with E-state index in [1.807, 2.05) is 84.9 Å². The highest BCUT2D eigenvalue weighted by atomic mass is 15.2. The molecule has 49 heavy (non-hydrogen) atoms. The minimum atomic E-state index is 0.625. The Hall–Kier alpha value is -7.08. The van der Waals surface area contributed by atoms with E-state index in [-0.39, 0.29) is 0 Å². The summed E-state index contributed by atoms with van der Waals surface area (Å²) in [5, 5.41) is 21.1. The van der Waals surface area contributed by atoms with E-state index < -0.39 is 0 Å². The average Bonchev–Trinajstić information content (AvgIpc) is 3.52. The number of hydrogen-bond acceptors (Lipinski definition) is 4. The van der Waals surface area contributed by atoms with Crippen LogP contribution in [0, 0.1) is 22.7 Å². The first-order chi connectivity index (χ1) is 24.2. The van der Waals surface area contributed by atoms with Crippen molar-refractivity contribution < 1.29 is 0 Å². The molecule has 0 fully saturated rings. The highest BCUT2D eigenvalue weighted by molar-refractivity contribution is 6.16. The molecule has 0 N–H and O–H groups in total. The number of benzene rings is 7. The summed E-state index contributed by atoms with van der Waals surface area (Å²) in [4.78, 5) is 4.46. The Bertz CT molecular complexity index is 2490. The fourth-order valence-corrected chi connectivity index (χ4v) is 6.61. The molecule has 1 heterocycles. The number of anilines is 6. The van der Waals surface area contributed by atoms with Crippen molar-refractivity contribution in [3.05, 3.63) is 187 Å². The molecule has 230 valence electrons. The molecule has 7 aromatic carbocycles. The van der Waals surface area contributed by atoms with Gasteiger partial charge in [0, 0.05) is 44.9 Å². The molecule has 0 radical (unpaired) electrons. The van der Waals surface area contributed by atoms with Crippen molar-refractivity contribution in [2.75, 3.05) is 9.80 Å². The van der Waals surface area contributed by atoms with Crippen LogP contribution < -0.4 is 9.80 Å². The van der Waals surface area contributed by atoms with Gasteiger partial charge in [-0.05, 0) is 115 Å². The van der Waals surface area contributed by atoms with Crippen LogP contribution in [-0.4, -0.2) is 4.57 Å². The van der Waals surface area contributed by atoms with Crippen LogP contribution in [0.15, 0.2) is 176 Å². The molecule has 0 saturated carbocycles. The minimum Gasteiger partial charge on any atom is -0.311 e. The number of rotatable bonds is 7. The summed E-state index contributed by atoms with van der Waals surface area (Å²) < 4.78 is 2.33. The van der Waals surface area contributed by atoms with Crippen LogP contribution in [0.4, 0.5) is 34.1 Å². The Morgan fingerprint density at radius 1 is 0.388 bits per heavy atom. The van der Waals surface area contributed by atoms with E-state index in [0.717, 1.165) is 61.6 Å². The number of fused-ring (bicyclic) bond motifs is 3. The van der Waals surface area contributed by atoms with Gasteiger partial charge in [-0.1, -0.05) is 60.7 Å². The third-order valence-electron chi connectivity index (χ3n) is 8.82. The van der Waals surface area contributed by atoms with Crippen LogP contribution in [0.2, 0.25) is 0 Å². The van der Waals surface area contributed by atoms with E-state index in [1.54, 1.807) is 0 Å². The zero-order valence-electron chi connectivity index (χ0n) is 26.5. The van der Waals surface area contributed by atoms with Crippen molar-refractivity contribution in [2.45, 2.75) is 0 Å². The molecule has 5 nitrogen and oxygen atoms in total. The second kappa shape index (κ2) is 12.6. The summed E-state index contributed by atoms with van der Waals surface area (Å²) in [6.45, 7) is 0. The molecule has 0 aliphatic rings. The molecule has 0 saturated heterocycles. The molecule has 0 aliphatic heterocycles. The molecular weight excluding hydrogens is 599 g/mol. The third-order valence-corrected chi connectivity index (χ3v) is 8.82. The van der Waals surface area contributed by atoms with E-state index in [9.17, 15) is 10.5 Å². The summed E-state index contributed by atoms with van der Waals surface area (Å²) in [6, 6.07) is 64.2. The van der Waals surface area contributed by atoms with E-state index in [1.165, 1.54) is 0 Å². The fourth-order valence-electron chi connectivity index (χ4n) is 6.61. The van der Waals surface area contributed by atoms with Gasteiger partial charge in [-0.3, -0.25) is 0 Å². The molecule has 0 unspecified atom stereocenters.